The summed E-state index contributed by atoms with van der Waals surface area (Å²) in [6, 6.07) is 4.91. The summed E-state index contributed by atoms with van der Waals surface area (Å²) in [5, 5.41) is 8.74. The van der Waals surface area contributed by atoms with Crippen LogP contribution in [0.5, 0.6) is 5.75 Å². The Labute approximate surface area is 142 Å². The first-order valence-corrected chi connectivity index (χ1v) is 8.12. The van der Waals surface area contributed by atoms with E-state index in [1.807, 2.05) is 13.8 Å². The number of aryl methyl sites for hydroxylation is 2. The number of fused-ring (bicyclic) bond motifs is 1. The Morgan fingerprint density at radius 2 is 2.22 bits per heavy atom. The number of aromatic nitrogens is 3. The number of methoxy groups -OCH3 is 1. The van der Waals surface area contributed by atoms with Crippen LogP contribution in [0, 0.1) is 13.8 Å². The monoisotopic (exact) mass is 350 g/mol. The number of imidazole rings is 1. The Morgan fingerprint density at radius 3 is 2.96 bits per heavy atom. The minimum absolute atomic E-state index is 0.236. The van der Waals surface area contributed by atoms with Gasteiger partial charge in [-0.3, -0.25) is 4.79 Å². The molecule has 0 radical (unpaired) electrons. The van der Waals surface area contributed by atoms with Gasteiger partial charge in [0.1, 0.15) is 10.8 Å². The van der Waals surface area contributed by atoms with Crippen LogP contribution in [0.25, 0.3) is 4.96 Å². The molecule has 0 saturated carbocycles. The fraction of sp³-hybridized carbons (Fsp3) is 0.267. The van der Waals surface area contributed by atoms with Gasteiger partial charge in [0.15, 0.2) is 0 Å². The Hall–Kier alpha value is -2.12. The van der Waals surface area contributed by atoms with Gasteiger partial charge in [-0.25, -0.2) is 9.50 Å². The van der Waals surface area contributed by atoms with Gasteiger partial charge in [0.05, 0.1) is 30.6 Å². The standard InChI is InChI=1S/C15H15ClN4O2S/c1-8-12(20-15(18-8)23-9(2)19-20)7-17-14(21)11-5-4-10(16)6-13(11)22-3/h4-6H,7H2,1-3H3,(H,17,21). The normalized spacial score (nSPS) is 11.0. The molecule has 6 nitrogen and oxygen atoms in total. The van der Waals surface area contributed by atoms with E-state index >= 15 is 0 Å². The van der Waals surface area contributed by atoms with Gasteiger partial charge in [-0.1, -0.05) is 22.9 Å². The van der Waals surface area contributed by atoms with Crippen molar-refractivity contribution in [3.63, 3.8) is 0 Å². The van der Waals surface area contributed by atoms with Crippen molar-refractivity contribution < 1.29 is 9.53 Å². The van der Waals surface area contributed by atoms with E-state index in [2.05, 4.69) is 15.4 Å². The number of rotatable bonds is 4. The van der Waals surface area contributed by atoms with Gasteiger partial charge in [-0.05, 0) is 32.0 Å². The molecule has 2 aromatic heterocycles. The first-order chi connectivity index (χ1) is 11.0. The molecule has 0 aliphatic carbocycles. The highest BCUT2D eigenvalue weighted by molar-refractivity contribution is 7.16. The van der Waals surface area contributed by atoms with Crippen molar-refractivity contribution in [1.82, 2.24) is 19.9 Å². The number of hydrogen-bond acceptors (Lipinski definition) is 5. The smallest absolute Gasteiger partial charge is 0.255 e. The molecule has 0 aliphatic rings. The minimum atomic E-state index is -0.236. The Kier molecular flexibility index (Phi) is 4.23. The summed E-state index contributed by atoms with van der Waals surface area (Å²) in [7, 11) is 1.51. The number of nitrogens with one attached hydrogen (secondary N) is 1. The second-order valence-corrected chi connectivity index (χ2v) is 6.58. The lowest BCUT2D eigenvalue weighted by Gasteiger charge is -2.09. The molecule has 0 atom stereocenters. The van der Waals surface area contributed by atoms with E-state index in [1.165, 1.54) is 18.4 Å². The highest BCUT2D eigenvalue weighted by Gasteiger charge is 2.16. The van der Waals surface area contributed by atoms with Crippen LogP contribution in [0.15, 0.2) is 18.2 Å². The zero-order valence-corrected chi connectivity index (χ0v) is 14.5. The van der Waals surface area contributed by atoms with Crippen LogP contribution in [-0.2, 0) is 6.54 Å². The summed E-state index contributed by atoms with van der Waals surface area (Å²) in [5.41, 5.74) is 2.16. The van der Waals surface area contributed by atoms with E-state index in [4.69, 9.17) is 16.3 Å². The Bertz CT molecular complexity index is 887. The number of benzene rings is 1. The molecule has 3 aromatic rings. The zero-order valence-electron chi connectivity index (χ0n) is 12.9. The third-order valence-electron chi connectivity index (χ3n) is 3.42. The molecule has 8 heteroatoms. The predicted molar refractivity (Wildman–Crippen MR) is 89.5 cm³/mol. The van der Waals surface area contributed by atoms with E-state index in [9.17, 15) is 4.79 Å². The van der Waals surface area contributed by atoms with Gasteiger partial charge in [-0.15, -0.1) is 0 Å². The van der Waals surface area contributed by atoms with Crippen LogP contribution in [-0.4, -0.2) is 27.6 Å². The Morgan fingerprint density at radius 1 is 1.43 bits per heavy atom. The molecule has 23 heavy (non-hydrogen) atoms. The number of halogens is 1. The molecule has 0 saturated heterocycles. The first kappa shape index (κ1) is 15.8. The fourth-order valence-electron chi connectivity index (χ4n) is 2.30. The van der Waals surface area contributed by atoms with E-state index in [0.29, 0.717) is 22.9 Å². The maximum absolute atomic E-state index is 12.4. The van der Waals surface area contributed by atoms with Gasteiger partial charge in [0, 0.05) is 5.02 Å². The summed E-state index contributed by atoms with van der Waals surface area (Å²) in [6.07, 6.45) is 0. The maximum atomic E-state index is 12.4. The largest absolute Gasteiger partial charge is 0.496 e. The maximum Gasteiger partial charge on any atom is 0.255 e. The van der Waals surface area contributed by atoms with Crippen LogP contribution in [0.2, 0.25) is 5.02 Å². The predicted octanol–water partition coefficient (Wildman–Crippen LogP) is 3.00. The minimum Gasteiger partial charge on any atom is -0.496 e. The van der Waals surface area contributed by atoms with Crippen molar-refractivity contribution in [2.75, 3.05) is 7.11 Å². The number of nitrogens with zero attached hydrogens (tertiary/aromatic N) is 3. The van der Waals surface area contributed by atoms with Crippen LogP contribution in [0.1, 0.15) is 26.8 Å². The fourth-order valence-corrected chi connectivity index (χ4v) is 3.27. The second kappa shape index (κ2) is 6.17. The summed E-state index contributed by atoms with van der Waals surface area (Å²) >= 11 is 7.44. The van der Waals surface area contributed by atoms with Crippen molar-refractivity contribution in [3.05, 3.63) is 45.2 Å². The first-order valence-electron chi connectivity index (χ1n) is 6.93. The number of carbonyl (C=O) groups is 1. The molecule has 120 valence electrons. The van der Waals surface area contributed by atoms with Crippen molar-refractivity contribution in [2.45, 2.75) is 20.4 Å². The lowest BCUT2D eigenvalue weighted by Crippen LogP contribution is -2.24. The van der Waals surface area contributed by atoms with E-state index in [1.54, 1.807) is 22.7 Å². The number of amides is 1. The van der Waals surface area contributed by atoms with Crippen molar-refractivity contribution in [1.29, 1.82) is 0 Å². The van der Waals surface area contributed by atoms with E-state index in [0.717, 1.165) is 21.4 Å². The lowest BCUT2D eigenvalue weighted by molar-refractivity contribution is 0.0947. The molecule has 0 spiro atoms. The highest BCUT2D eigenvalue weighted by atomic mass is 35.5. The molecular formula is C15H15ClN4O2S. The molecule has 0 bridgehead atoms. The van der Waals surface area contributed by atoms with Crippen LogP contribution in [0.4, 0.5) is 0 Å². The summed E-state index contributed by atoms with van der Waals surface area (Å²) < 4.78 is 6.98. The molecule has 3 rings (SSSR count). The van der Waals surface area contributed by atoms with Crippen molar-refractivity contribution >= 4 is 33.8 Å². The molecule has 1 N–H and O–H groups in total. The molecule has 1 amide bonds. The number of hydrogen-bond donors (Lipinski definition) is 1. The van der Waals surface area contributed by atoms with Gasteiger partial charge in [0.2, 0.25) is 4.96 Å². The second-order valence-electron chi connectivity index (χ2n) is 4.99. The molecule has 2 heterocycles. The molecule has 0 aliphatic heterocycles. The molecule has 1 aromatic carbocycles. The third-order valence-corrected chi connectivity index (χ3v) is 4.48. The van der Waals surface area contributed by atoms with Crippen molar-refractivity contribution in [2.24, 2.45) is 0 Å². The topological polar surface area (TPSA) is 68.5 Å². The molecular weight excluding hydrogens is 336 g/mol. The van der Waals surface area contributed by atoms with Crippen LogP contribution < -0.4 is 10.1 Å². The van der Waals surface area contributed by atoms with Gasteiger partial charge in [-0.2, -0.15) is 5.10 Å². The molecule has 0 fully saturated rings. The van der Waals surface area contributed by atoms with Gasteiger partial charge < -0.3 is 10.1 Å². The van der Waals surface area contributed by atoms with Crippen LogP contribution >= 0.6 is 22.9 Å². The zero-order chi connectivity index (χ0) is 16.6. The number of carbonyl (C=O) groups excluding carboxylic acids is 1. The molecule has 0 unspecified atom stereocenters. The third kappa shape index (κ3) is 3.02. The average molecular weight is 351 g/mol. The van der Waals surface area contributed by atoms with Gasteiger partial charge >= 0.3 is 0 Å². The number of ether oxygens (including phenoxy) is 1. The van der Waals surface area contributed by atoms with E-state index < -0.39 is 0 Å². The summed E-state index contributed by atoms with van der Waals surface area (Å²) in [4.78, 5) is 17.7. The van der Waals surface area contributed by atoms with Crippen LogP contribution in [0.3, 0.4) is 0 Å². The summed E-state index contributed by atoms with van der Waals surface area (Å²) in [5.74, 6) is 0.203. The average Bonchev–Trinajstić information content (AvgIpc) is 2.99. The quantitative estimate of drug-likeness (QED) is 0.785. The summed E-state index contributed by atoms with van der Waals surface area (Å²) in [6.45, 7) is 4.16. The highest BCUT2D eigenvalue weighted by Crippen LogP contribution is 2.23. The van der Waals surface area contributed by atoms with Crippen molar-refractivity contribution in [3.8, 4) is 5.75 Å². The van der Waals surface area contributed by atoms with Gasteiger partial charge in [0.25, 0.3) is 5.91 Å². The Balaban J connectivity index is 1.82. The lowest BCUT2D eigenvalue weighted by atomic mass is 10.2. The SMILES string of the molecule is COc1cc(Cl)ccc1C(=O)NCc1c(C)nc2sc(C)nn12. The van der Waals surface area contributed by atoms with E-state index in [-0.39, 0.29) is 5.91 Å².